The average molecular weight is 345 g/mol. The molecule has 0 aliphatic carbocycles. The Hall–Kier alpha value is -2.89. The van der Waals surface area contributed by atoms with Crippen LogP contribution in [0, 0.1) is 19.7 Å². The van der Waals surface area contributed by atoms with Gasteiger partial charge in [-0.3, -0.25) is 4.79 Å². The Kier molecular flexibility index (Phi) is 6.11. The van der Waals surface area contributed by atoms with E-state index in [-0.39, 0.29) is 12.3 Å². The molecule has 0 spiro atoms. The maximum Gasteiger partial charge on any atom is 0.344 e. The monoisotopic (exact) mass is 345 g/mol. The molecule has 0 radical (unpaired) electrons. The van der Waals surface area contributed by atoms with Crippen LogP contribution < -0.4 is 10.1 Å². The maximum atomic E-state index is 13.5. The summed E-state index contributed by atoms with van der Waals surface area (Å²) in [5.74, 6) is -1.28. The summed E-state index contributed by atoms with van der Waals surface area (Å²) in [4.78, 5) is 23.8. The molecule has 0 fully saturated rings. The summed E-state index contributed by atoms with van der Waals surface area (Å²) < 4.78 is 24.0. The number of nitrogens with one attached hydrogen (secondary N) is 1. The van der Waals surface area contributed by atoms with Gasteiger partial charge in [-0.05, 0) is 50.1 Å². The van der Waals surface area contributed by atoms with Crippen molar-refractivity contribution in [2.24, 2.45) is 0 Å². The molecule has 1 N–H and O–H groups in total. The van der Waals surface area contributed by atoms with Crippen LogP contribution in [0.1, 0.15) is 18.1 Å². The van der Waals surface area contributed by atoms with E-state index in [2.05, 4.69) is 5.32 Å². The molecule has 132 valence electrons. The number of ether oxygens (including phenoxy) is 2. The molecule has 0 bridgehead atoms. The first-order chi connectivity index (χ1) is 11.9. The Morgan fingerprint density at radius 3 is 2.60 bits per heavy atom. The van der Waals surface area contributed by atoms with E-state index in [1.807, 2.05) is 32.0 Å². The first-order valence-electron chi connectivity index (χ1n) is 7.81. The van der Waals surface area contributed by atoms with Crippen LogP contribution in [0.25, 0.3) is 0 Å². The second-order valence-electron chi connectivity index (χ2n) is 5.66. The molecule has 2 aromatic rings. The summed E-state index contributed by atoms with van der Waals surface area (Å²) in [5.41, 5.74) is 1.93. The molecule has 0 saturated carbocycles. The Morgan fingerprint density at radius 2 is 1.88 bits per heavy atom. The second-order valence-corrected chi connectivity index (χ2v) is 5.66. The average Bonchev–Trinajstić information content (AvgIpc) is 2.57. The van der Waals surface area contributed by atoms with E-state index in [1.54, 1.807) is 6.07 Å². The number of carbonyl (C=O) groups excluding carboxylic acids is 2. The fraction of sp³-hybridized carbons (Fsp3) is 0.263. The molecule has 0 saturated heterocycles. The molecule has 25 heavy (non-hydrogen) atoms. The lowest BCUT2D eigenvalue weighted by Crippen LogP contribution is -2.32. The van der Waals surface area contributed by atoms with Crippen molar-refractivity contribution in [3.05, 3.63) is 59.4 Å². The minimum Gasteiger partial charge on any atom is -0.482 e. The van der Waals surface area contributed by atoms with E-state index in [4.69, 9.17) is 9.47 Å². The van der Waals surface area contributed by atoms with Gasteiger partial charge in [0.15, 0.2) is 12.7 Å². The molecule has 6 heteroatoms. The van der Waals surface area contributed by atoms with E-state index in [0.717, 1.165) is 11.1 Å². The van der Waals surface area contributed by atoms with Gasteiger partial charge >= 0.3 is 5.97 Å². The van der Waals surface area contributed by atoms with Gasteiger partial charge in [0.2, 0.25) is 0 Å². The molecule has 1 atom stereocenters. The Bertz CT molecular complexity index is 776. The van der Waals surface area contributed by atoms with Crippen molar-refractivity contribution >= 4 is 17.6 Å². The predicted octanol–water partition coefficient (Wildman–Crippen LogP) is 3.39. The lowest BCUT2D eigenvalue weighted by atomic mass is 10.1. The van der Waals surface area contributed by atoms with Gasteiger partial charge in [0, 0.05) is 0 Å². The van der Waals surface area contributed by atoms with Crippen LogP contribution >= 0.6 is 0 Å². The second kappa shape index (κ2) is 8.28. The zero-order valence-electron chi connectivity index (χ0n) is 14.3. The molecule has 1 unspecified atom stereocenters. The minimum atomic E-state index is -1.07. The highest BCUT2D eigenvalue weighted by Crippen LogP contribution is 2.19. The van der Waals surface area contributed by atoms with Gasteiger partial charge < -0.3 is 14.8 Å². The van der Waals surface area contributed by atoms with Gasteiger partial charge in [-0.1, -0.05) is 24.3 Å². The van der Waals surface area contributed by atoms with E-state index in [9.17, 15) is 14.0 Å². The van der Waals surface area contributed by atoms with Gasteiger partial charge in [-0.2, -0.15) is 0 Å². The summed E-state index contributed by atoms with van der Waals surface area (Å²) in [5, 5.41) is 2.37. The Labute approximate surface area is 145 Å². The quantitative estimate of drug-likeness (QED) is 0.815. The van der Waals surface area contributed by atoms with Gasteiger partial charge in [-0.25, -0.2) is 9.18 Å². The minimum absolute atomic E-state index is 0.0297. The Balaban J connectivity index is 1.86. The third kappa shape index (κ3) is 5.31. The highest BCUT2D eigenvalue weighted by atomic mass is 19.1. The van der Waals surface area contributed by atoms with Crippen molar-refractivity contribution in [2.45, 2.75) is 26.9 Å². The topological polar surface area (TPSA) is 64.6 Å². The molecule has 2 aromatic carbocycles. The van der Waals surface area contributed by atoms with Crippen molar-refractivity contribution in [1.82, 2.24) is 0 Å². The highest BCUT2D eigenvalue weighted by molar-refractivity contribution is 5.95. The van der Waals surface area contributed by atoms with Crippen LogP contribution in [-0.2, 0) is 14.3 Å². The van der Waals surface area contributed by atoms with E-state index < -0.39 is 23.8 Å². The van der Waals surface area contributed by atoms with Crippen LogP contribution in [0.2, 0.25) is 0 Å². The van der Waals surface area contributed by atoms with Crippen LogP contribution in [0.3, 0.4) is 0 Å². The SMILES string of the molecule is Cc1ccc(C)c(OCC(=O)OC(C)C(=O)Nc2ccccc2F)c1. The van der Waals surface area contributed by atoms with E-state index in [0.29, 0.717) is 5.75 Å². The van der Waals surface area contributed by atoms with Crippen LogP contribution in [0.4, 0.5) is 10.1 Å². The zero-order chi connectivity index (χ0) is 18.4. The van der Waals surface area contributed by atoms with Crippen LogP contribution in [0.5, 0.6) is 5.75 Å². The first kappa shape index (κ1) is 18.4. The van der Waals surface area contributed by atoms with Gasteiger partial charge in [0.1, 0.15) is 11.6 Å². The number of amides is 1. The molecule has 5 nitrogen and oxygen atoms in total. The van der Waals surface area contributed by atoms with Gasteiger partial charge in [-0.15, -0.1) is 0 Å². The standard InChI is InChI=1S/C19H20FNO4/c1-12-8-9-13(2)17(10-12)24-11-18(22)25-14(3)19(23)21-16-7-5-4-6-15(16)20/h4-10,14H,11H2,1-3H3,(H,21,23). The first-order valence-corrected chi connectivity index (χ1v) is 7.81. The fourth-order valence-electron chi connectivity index (χ4n) is 2.08. The summed E-state index contributed by atoms with van der Waals surface area (Å²) in [7, 11) is 0. The summed E-state index contributed by atoms with van der Waals surface area (Å²) in [6.07, 6.45) is -1.07. The van der Waals surface area contributed by atoms with E-state index >= 15 is 0 Å². The fourth-order valence-corrected chi connectivity index (χ4v) is 2.08. The van der Waals surface area contributed by atoms with Crippen molar-refractivity contribution in [2.75, 3.05) is 11.9 Å². The normalized spacial score (nSPS) is 11.5. The third-order valence-electron chi connectivity index (χ3n) is 3.50. The van der Waals surface area contributed by atoms with Gasteiger partial charge in [0.25, 0.3) is 5.91 Å². The summed E-state index contributed by atoms with van der Waals surface area (Å²) in [6.45, 7) is 4.87. The number of aryl methyl sites for hydroxylation is 2. The van der Waals surface area contributed by atoms with Crippen LogP contribution in [-0.4, -0.2) is 24.6 Å². The number of hydrogen-bond acceptors (Lipinski definition) is 4. The number of benzene rings is 2. The molecule has 1 amide bonds. The molecule has 0 aromatic heterocycles. The summed E-state index contributed by atoms with van der Waals surface area (Å²) in [6, 6.07) is 11.4. The smallest absolute Gasteiger partial charge is 0.344 e. The molecular formula is C19H20FNO4. The molecular weight excluding hydrogens is 325 g/mol. The number of para-hydroxylation sites is 1. The predicted molar refractivity (Wildman–Crippen MR) is 92.0 cm³/mol. The van der Waals surface area contributed by atoms with Crippen LogP contribution in [0.15, 0.2) is 42.5 Å². The molecule has 0 aliphatic heterocycles. The zero-order valence-corrected chi connectivity index (χ0v) is 14.3. The lowest BCUT2D eigenvalue weighted by molar-refractivity contribution is -0.155. The van der Waals surface area contributed by atoms with Crippen molar-refractivity contribution in [3.63, 3.8) is 0 Å². The van der Waals surface area contributed by atoms with Crippen molar-refractivity contribution in [3.8, 4) is 5.75 Å². The number of rotatable bonds is 6. The maximum absolute atomic E-state index is 13.5. The highest BCUT2D eigenvalue weighted by Gasteiger charge is 2.19. The molecule has 2 rings (SSSR count). The van der Waals surface area contributed by atoms with Crippen molar-refractivity contribution < 1.29 is 23.5 Å². The summed E-state index contributed by atoms with van der Waals surface area (Å²) >= 11 is 0. The number of esters is 1. The number of carbonyl (C=O) groups is 2. The van der Waals surface area contributed by atoms with Gasteiger partial charge in [0.05, 0.1) is 5.69 Å². The Morgan fingerprint density at radius 1 is 1.16 bits per heavy atom. The van der Waals surface area contributed by atoms with E-state index in [1.165, 1.54) is 25.1 Å². The van der Waals surface area contributed by atoms with Crippen molar-refractivity contribution in [1.29, 1.82) is 0 Å². The largest absolute Gasteiger partial charge is 0.482 e. The molecule has 0 heterocycles. The number of halogens is 1. The molecule has 0 aliphatic rings. The lowest BCUT2D eigenvalue weighted by Gasteiger charge is -2.15. The number of anilines is 1. The third-order valence-corrected chi connectivity index (χ3v) is 3.50. The number of hydrogen-bond donors (Lipinski definition) is 1.